The summed E-state index contributed by atoms with van der Waals surface area (Å²) in [6.07, 6.45) is 2.47. The molecule has 0 unspecified atom stereocenters. The molecule has 14 heavy (non-hydrogen) atoms. The van der Waals surface area contributed by atoms with Crippen molar-refractivity contribution in [2.24, 2.45) is 0 Å². The van der Waals surface area contributed by atoms with Crippen molar-refractivity contribution in [3.63, 3.8) is 0 Å². The van der Waals surface area contributed by atoms with Crippen LogP contribution in [0, 0.1) is 0 Å². The molecule has 0 radical (unpaired) electrons. The predicted octanol–water partition coefficient (Wildman–Crippen LogP) is 3.02. The van der Waals surface area contributed by atoms with E-state index in [-0.39, 0.29) is 0 Å². The van der Waals surface area contributed by atoms with Gasteiger partial charge in [-0.1, -0.05) is 13.0 Å². The quantitative estimate of drug-likeness (QED) is 0.688. The van der Waals surface area contributed by atoms with E-state index in [0.717, 1.165) is 6.54 Å². The molecule has 1 nitrogen and oxygen atoms in total. The first-order valence-corrected chi connectivity index (χ1v) is 7.27. The van der Waals surface area contributed by atoms with Gasteiger partial charge in [-0.2, -0.15) is 11.8 Å². The van der Waals surface area contributed by atoms with Gasteiger partial charge in [0, 0.05) is 4.88 Å². The van der Waals surface area contributed by atoms with E-state index in [1.54, 1.807) is 0 Å². The second kappa shape index (κ2) is 8.33. The molecule has 1 rings (SSSR count). The van der Waals surface area contributed by atoms with Crippen LogP contribution in [0.4, 0.5) is 0 Å². The van der Waals surface area contributed by atoms with Gasteiger partial charge in [-0.15, -0.1) is 11.3 Å². The molecule has 0 aliphatic heterocycles. The van der Waals surface area contributed by atoms with Crippen LogP contribution in [0.1, 0.15) is 18.2 Å². The van der Waals surface area contributed by atoms with Crippen molar-refractivity contribution in [3.05, 3.63) is 22.4 Å². The van der Waals surface area contributed by atoms with Crippen LogP contribution in [0.2, 0.25) is 0 Å². The molecule has 1 aromatic rings. The summed E-state index contributed by atoms with van der Waals surface area (Å²) < 4.78 is 0. The fourth-order valence-electron chi connectivity index (χ4n) is 1.23. The highest BCUT2D eigenvalue weighted by Crippen LogP contribution is 2.08. The topological polar surface area (TPSA) is 12.0 Å². The highest BCUT2D eigenvalue weighted by atomic mass is 32.2. The normalized spacial score (nSPS) is 10.6. The Balaban J connectivity index is 1.85. The van der Waals surface area contributed by atoms with Crippen molar-refractivity contribution in [1.29, 1.82) is 0 Å². The molecule has 1 heterocycles. The molecule has 0 aliphatic carbocycles. The Morgan fingerprint density at radius 3 is 3.07 bits per heavy atom. The van der Waals surface area contributed by atoms with Gasteiger partial charge in [-0.05, 0) is 48.9 Å². The standard InChI is InChI=1S/C11H19NS2/c1-2-13-9-4-7-12-8-6-11-5-3-10-14-11/h3,5,10,12H,2,4,6-9H2,1H3. The Hall–Kier alpha value is 0.01000. The summed E-state index contributed by atoms with van der Waals surface area (Å²) in [7, 11) is 0. The smallest absolute Gasteiger partial charge is 0.00578 e. The fraction of sp³-hybridized carbons (Fsp3) is 0.636. The number of hydrogen-bond donors (Lipinski definition) is 1. The molecule has 80 valence electrons. The summed E-state index contributed by atoms with van der Waals surface area (Å²) in [4.78, 5) is 1.49. The number of thioether (sulfide) groups is 1. The van der Waals surface area contributed by atoms with E-state index in [1.807, 2.05) is 23.1 Å². The van der Waals surface area contributed by atoms with Crippen LogP contribution >= 0.6 is 23.1 Å². The van der Waals surface area contributed by atoms with Gasteiger partial charge in [0.15, 0.2) is 0 Å². The monoisotopic (exact) mass is 229 g/mol. The predicted molar refractivity (Wildman–Crippen MR) is 68.5 cm³/mol. The summed E-state index contributed by atoms with van der Waals surface area (Å²) >= 11 is 3.88. The van der Waals surface area contributed by atoms with Gasteiger partial charge in [0.25, 0.3) is 0 Å². The summed E-state index contributed by atoms with van der Waals surface area (Å²) in [5, 5.41) is 5.62. The number of thiophene rings is 1. The third kappa shape index (κ3) is 5.68. The Bertz CT molecular complexity index is 209. The maximum atomic E-state index is 3.48. The summed E-state index contributed by atoms with van der Waals surface area (Å²) in [5.74, 6) is 2.54. The van der Waals surface area contributed by atoms with Gasteiger partial charge in [-0.25, -0.2) is 0 Å². The number of hydrogen-bond acceptors (Lipinski definition) is 3. The first-order valence-electron chi connectivity index (χ1n) is 5.24. The average molecular weight is 229 g/mol. The minimum Gasteiger partial charge on any atom is -0.316 e. The largest absolute Gasteiger partial charge is 0.316 e. The number of nitrogens with one attached hydrogen (secondary N) is 1. The van der Waals surface area contributed by atoms with E-state index in [0.29, 0.717) is 0 Å². The first-order chi connectivity index (χ1) is 6.93. The van der Waals surface area contributed by atoms with E-state index in [9.17, 15) is 0 Å². The maximum Gasteiger partial charge on any atom is 0.00578 e. The van der Waals surface area contributed by atoms with Crippen LogP contribution in [0.25, 0.3) is 0 Å². The summed E-state index contributed by atoms with van der Waals surface area (Å²) in [5.41, 5.74) is 0. The molecule has 0 saturated heterocycles. The second-order valence-electron chi connectivity index (χ2n) is 3.13. The molecular formula is C11H19NS2. The highest BCUT2D eigenvalue weighted by Gasteiger charge is 1.93. The van der Waals surface area contributed by atoms with Crippen molar-refractivity contribution < 1.29 is 0 Å². The van der Waals surface area contributed by atoms with Crippen molar-refractivity contribution in [1.82, 2.24) is 5.32 Å². The highest BCUT2D eigenvalue weighted by molar-refractivity contribution is 7.99. The van der Waals surface area contributed by atoms with Crippen molar-refractivity contribution in [2.75, 3.05) is 24.6 Å². The minimum atomic E-state index is 1.12. The third-order valence-electron chi connectivity index (χ3n) is 1.97. The molecule has 1 N–H and O–H groups in total. The van der Waals surface area contributed by atoms with Crippen LogP contribution in [-0.2, 0) is 6.42 Å². The molecule has 0 atom stereocenters. The van der Waals surface area contributed by atoms with E-state index >= 15 is 0 Å². The van der Waals surface area contributed by atoms with Crippen molar-refractivity contribution in [2.45, 2.75) is 19.8 Å². The van der Waals surface area contributed by atoms with E-state index in [2.05, 4.69) is 29.8 Å². The molecule has 0 aromatic carbocycles. The Kier molecular flexibility index (Phi) is 7.19. The number of rotatable bonds is 8. The van der Waals surface area contributed by atoms with Crippen LogP contribution in [0.3, 0.4) is 0 Å². The molecule has 0 spiro atoms. The van der Waals surface area contributed by atoms with E-state index in [1.165, 1.54) is 35.8 Å². The summed E-state index contributed by atoms with van der Waals surface area (Å²) in [6, 6.07) is 4.33. The molecular weight excluding hydrogens is 210 g/mol. The van der Waals surface area contributed by atoms with Gasteiger partial charge in [-0.3, -0.25) is 0 Å². The van der Waals surface area contributed by atoms with E-state index < -0.39 is 0 Å². The first kappa shape index (κ1) is 12.1. The minimum absolute atomic E-state index is 1.12. The lowest BCUT2D eigenvalue weighted by Crippen LogP contribution is -2.18. The zero-order chi connectivity index (χ0) is 10.1. The van der Waals surface area contributed by atoms with E-state index in [4.69, 9.17) is 0 Å². The molecule has 0 fully saturated rings. The van der Waals surface area contributed by atoms with Crippen molar-refractivity contribution in [3.8, 4) is 0 Å². The Morgan fingerprint density at radius 1 is 1.43 bits per heavy atom. The maximum absolute atomic E-state index is 3.48. The average Bonchev–Trinajstić information content (AvgIpc) is 2.69. The molecule has 0 bridgehead atoms. The lowest BCUT2D eigenvalue weighted by Gasteiger charge is -2.02. The van der Waals surface area contributed by atoms with Gasteiger partial charge < -0.3 is 5.32 Å². The fourth-order valence-corrected chi connectivity index (χ4v) is 2.58. The molecule has 0 saturated carbocycles. The second-order valence-corrected chi connectivity index (χ2v) is 5.56. The Morgan fingerprint density at radius 2 is 2.36 bits per heavy atom. The van der Waals surface area contributed by atoms with Crippen LogP contribution in [-0.4, -0.2) is 24.6 Å². The molecule has 3 heteroatoms. The van der Waals surface area contributed by atoms with Gasteiger partial charge in [0.1, 0.15) is 0 Å². The lowest BCUT2D eigenvalue weighted by molar-refractivity contribution is 0.677. The van der Waals surface area contributed by atoms with Crippen molar-refractivity contribution >= 4 is 23.1 Å². The lowest BCUT2D eigenvalue weighted by atomic mass is 10.3. The van der Waals surface area contributed by atoms with Crippen LogP contribution in [0.5, 0.6) is 0 Å². The van der Waals surface area contributed by atoms with Gasteiger partial charge in [0.05, 0.1) is 0 Å². The van der Waals surface area contributed by atoms with Gasteiger partial charge >= 0.3 is 0 Å². The Labute approximate surface area is 95.3 Å². The zero-order valence-corrected chi connectivity index (χ0v) is 10.4. The molecule has 0 amide bonds. The molecule has 1 aromatic heterocycles. The third-order valence-corrected chi connectivity index (χ3v) is 3.90. The zero-order valence-electron chi connectivity index (χ0n) is 8.79. The van der Waals surface area contributed by atoms with Crippen LogP contribution in [0.15, 0.2) is 17.5 Å². The van der Waals surface area contributed by atoms with Crippen LogP contribution < -0.4 is 5.32 Å². The SMILES string of the molecule is CCSCCCNCCc1cccs1. The molecule has 0 aliphatic rings. The summed E-state index contributed by atoms with van der Waals surface area (Å²) in [6.45, 7) is 4.50. The van der Waals surface area contributed by atoms with Gasteiger partial charge in [0.2, 0.25) is 0 Å².